The Hall–Kier alpha value is -4.17. The highest BCUT2D eigenvalue weighted by atomic mass is 16.6. The first-order chi connectivity index (χ1) is 21.7. The zero-order chi connectivity index (χ0) is 31.9. The number of carbonyl (C=O) groups is 2. The molecule has 0 bridgehead atoms. The molecule has 0 radical (unpaired) electrons. The first kappa shape index (κ1) is 32.2. The van der Waals surface area contributed by atoms with E-state index in [1.54, 1.807) is 0 Å². The molecule has 2 aliphatic heterocycles. The summed E-state index contributed by atoms with van der Waals surface area (Å²) in [6.07, 6.45) is 2.91. The number of ether oxygens (including phenoxy) is 3. The average molecular weight is 613 g/mol. The lowest BCUT2D eigenvalue weighted by atomic mass is 9.82. The van der Waals surface area contributed by atoms with Gasteiger partial charge in [0.2, 0.25) is 5.90 Å². The highest BCUT2D eigenvalue weighted by Gasteiger charge is 2.55. The lowest BCUT2D eigenvalue weighted by molar-refractivity contribution is -0.155. The van der Waals surface area contributed by atoms with E-state index in [1.165, 1.54) is 0 Å². The Bertz CT molecular complexity index is 1460. The average Bonchev–Trinajstić information content (AvgIpc) is 3.45. The van der Waals surface area contributed by atoms with Gasteiger partial charge in [0.25, 0.3) is 5.91 Å². The van der Waals surface area contributed by atoms with Crippen LogP contribution in [0.25, 0.3) is 11.1 Å². The Kier molecular flexibility index (Phi) is 10.2. The number of carbonyl (C=O) groups excluding carboxylic acids is 2. The van der Waals surface area contributed by atoms with E-state index in [-0.39, 0.29) is 31.3 Å². The molecule has 238 valence electrons. The third kappa shape index (κ3) is 7.92. The van der Waals surface area contributed by atoms with Gasteiger partial charge in [0.1, 0.15) is 11.4 Å². The first-order valence-electron chi connectivity index (χ1n) is 16.0. The number of aliphatic hydroxyl groups is 1. The van der Waals surface area contributed by atoms with Crippen LogP contribution < -0.4 is 4.74 Å². The number of benzene rings is 3. The maximum Gasteiger partial charge on any atom is 0.306 e. The molecular weight excluding hydrogens is 568 g/mol. The van der Waals surface area contributed by atoms with Gasteiger partial charge in [0.05, 0.1) is 6.61 Å². The molecule has 5 rings (SSSR count). The molecule has 0 saturated carbocycles. The summed E-state index contributed by atoms with van der Waals surface area (Å²) in [5, 5.41) is 9.07. The van der Waals surface area contributed by atoms with E-state index in [0.717, 1.165) is 36.0 Å². The molecule has 45 heavy (non-hydrogen) atoms. The molecule has 3 aromatic carbocycles. The normalized spacial score (nSPS) is 19.9. The largest absolute Gasteiger partial charge is 0.494 e. The highest BCUT2D eigenvalue weighted by Crippen LogP contribution is 2.45. The van der Waals surface area contributed by atoms with Gasteiger partial charge in [-0.1, -0.05) is 54.6 Å². The Morgan fingerprint density at radius 3 is 2.20 bits per heavy atom. The summed E-state index contributed by atoms with van der Waals surface area (Å²) in [6.45, 7) is 7.28. The van der Waals surface area contributed by atoms with Gasteiger partial charge in [-0.3, -0.25) is 9.59 Å². The summed E-state index contributed by atoms with van der Waals surface area (Å²) in [7, 11) is 0. The van der Waals surface area contributed by atoms with Crippen molar-refractivity contribution in [3.8, 4) is 16.9 Å². The molecule has 0 unspecified atom stereocenters. The molecule has 3 aromatic rings. The molecule has 1 N–H and O–H groups in total. The predicted octanol–water partition coefficient (Wildman–Crippen LogP) is 6.51. The van der Waals surface area contributed by atoms with Crippen LogP contribution in [-0.2, 0) is 19.1 Å². The number of esters is 1. The van der Waals surface area contributed by atoms with Gasteiger partial charge in [0, 0.05) is 38.1 Å². The minimum atomic E-state index is -1.35. The van der Waals surface area contributed by atoms with Gasteiger partial charge in [-0.15, -0.1) is 0 Å². The van der Waals surface area contributed by atoms with Crippen LogP contribution in [0.4, 0.5) is 0 Å². The number of hydrogen-bond acceptors (Lipinski definition) is 7. The molecule has 1 fully saturated rings. The molecule has 8 heteroatoms. The number of aliphatic hydroxyl groups excluding tert-OH is 1. The maximum absolute atomic E-state index is 14.6. The number of piperidine rings is 1. The van der Waals surface area contributed by atoms with E-state index >= 15 is 0 Å². The van der Waals surface area contributed by atoms with Gasteiger partial charge < -0.3 is 24.2 Å². The second-order valence-corrected chi connectivity index (χ2v) is 12.7. The van der Waals surface area contributed by atoms with Crippen LogP contribution in [0.15, 0.2) is 83.9 Å². The quantitative estimate of drug-likeness (QED) is 0.196. The summed E-state index contributed by atoms with van der Waals surface area (Å²) >= 11 is 0. The number of nitrogens with zero attached hydrogens (tertiary/aromatic N) is 2. The van der Waals surface area contributed by atoms with Gasteiger partial charge in [-0.25, -0.2) is 4.99 Å². The Labute approximate surface area is 266 Å². The highest BCUT2D eigenvalue weighted by molar-refractivity contribution is 6.01. The zero-order valence-corrected chi connectivity index (χ0v) is 26.5. The number of amides is 1. The molecule has 0 aliphatic carbocycles. The summed E-state index contributed by atoms with van der Waals surface area (Å²) in [6, 6.07) is 25.6. The Morgan fingerprint density at radius 2 is 1.56 bits per heavy atom. The van der Waals surface area contributed by atoms with Crippen molar-refractivity contribution in [3.05, 3.63) is 90.0 Å². The van der Waals surface area contributed by atoms with E-state index in [2.05, 4.69) is 12.1 Å². The van der Waals surface area contributed by atoms with Crippen LogP contribution in [0.2, 0.25) is 0 Å². The lowest BCUT2D eigenvalue weighted by Crippen LogP contribution is -2.52. The molecular formula is C37H44N2O6. The van der Waals surface area contributed by atoms with Crippen molar-refractivity contribution < 1.29 is 28.9 Å². The fraction of sp³-hybridized carbons (Fsp3) is 0.432. The molecule has 1 amide bonds. The van der Waals surface area contributed by atoms with Crippen molar-refractivity contribution in [2.45, 2.75) is 76.5 Å². The van der Waals surface area contributed by atoms with Crippen molar-refractivity contribution in [1.82, 2.24) is 4.90 Å². The van der Waals surface area contributed by atoms with Crippen LogP contribution in [-0.4, -0.2) is 65.2 Å². The maximum atomic E-state index is 14.6. The van der Waals surface area contributed by atoms with Crippen molar-refractivity contribution in [2.24, 2.45) is 4.99 Å². The van der Waals surface area contributed by atoms with Gasteiger partial charge in [0.15, 0.2) is 11.6 Å². The van der Waals surface area contributed by atoms with Crippen molar-refractivity contribution in [1.29, 1.82) is 0 Å². The predicted molar refractivity (Wildman–Crippen MR) is 174 cm³/mol. The fourth-order valence-corrected chi connectivity index (χ4v) is 5.89. The summed E-state index contributed by atoms with van der Waals surface area (Å²) in [5.74, 6) is 0.518. The number of rotatable bonds is 11. The summed E-state index contributed by atoms with van der Waals surface area (Å²) < 4.78 is 18.0. The number of hydrogen-bond donors (Lipinski definition) is 1. The monoisotopic (exact) mass is 612 g/mol. The summed E-state index contributed by atoms with van der Waals surface area (Å²) in [4.78, 5) is 34.6. The molecule has 2 atom stereocenters. The van der Waals surface area contributed by atoms with E-state index < -0.39 is 17.2 Å². The molecule has 0 spiro atoms. The third-order valence-corrected chi connectivity index (χ3v) is 8.10. The standard InChI is InChI=1S/C37H44N2O6/c1-36(2,3)45-32(41)21-22-37(35(42)39-23-8-5-9-24-39)33(29-15-13-28(14-16-29)27-11-6-4-7-12-27)44-34(38-37)30-17-19-31(20-18-30)43-26-10-25-40/h4,6-7,11-20,33,40H,5,8-10,21-26H2,1-3H3/t33-,37-/m1/s1. The topological polar surface area (TPSA) is 97.7 Å². The molecule has 2 aliphatic rings. The first-order valence-corrected chi connectivity index (χ1v) is 16.0. The van der Waals surface area contributed by atoms with E-state index in [1.807, 2.05) is 92.4 Å². The second-order valence-electron chi connectivity index (χ2n) is 12.7. The molecule has 1 saturated heterocycles. The van der Waals surface area contributed by atoms with Crippen LogP contribution in [0, 0.1) is 0 Å². The van der Waals surface area contributed by atoms with Crippen LogP contribution in [0.5, 0.6) is 5.75 Å². The molecule has 8 nitrogen and oxygen atoms in total. The van der Waals surface area contributed by atoms with Crippen LogP contribution in [0.3, 0.4) is 0 Å². The third-order valence-electron chi connectivity index (χ3n) is 8.10. The fourth-order valence-electron chi connectivity index (χ4n) is 5.89. The van der Waals surface area contributed by atoms with E-state index in [9.17, 15) is 9.59 Å². The number of aliphatic imine (C=N–C) groups is 1. The Balaban J connectivity index is 1.53. The van der Waals surface area contributed by atoms with Crippen molar-refractivity contribution in [2.75, 3.05) is 26.3 Å². The summed E-state index contributed by atoms with van der Waals surface area (Å²) in [5.41, 5.74) is 1.67. The van der Waals surface area contributed by atoms with Crippen LogP contribution in [0.1, 0.15) is 76.5 Å². The van der Waals surface area contributed by atoms with Crippen molar-refractivity contribution >= 4 is 17.8 Å². The molecule has 2 heterocycles. The van der Waals surface area contributed by atoms with Crippen LogP contribution >= 0.6 is 0 Å². The smallest absolute Gasteiger partial charge is 0.306 e. The minimum absolute atomic E-state index is 0.0211. The number of likely N-dealkylation sites (tertiary alicyclic amines) is 1. The minimum Gasteiger partial charge on any atom is -0.494 e. The molecule has 0 aromatic heterocycles. The lowest BCUT2D eigenvalue weighted by Gasteiger charge is -2.37. The second kappa shape index (κ2) is 14.3. The van der Waals surface area contributed by atoms with Crippen molar-refractivity contribution in [3.63, 3.8) is 0 Å². The zero-order valence-electron chi connectivity index (χ0n) is 26.5. The van der Waals surface area contributed by atoms with E-state index in [0.29, 0.717) is 43.3 Å². The Morgan fingerprint density at radius 1 is 0.911 bits per heavy atom. The SMILES string of the molecule is CC(C)(C)OC(=O)CC[C@@]1(C(=O)N2CCCCC2)N=C(c2ccc(OCCCO)cc2)O[C@@H]1c1ccc(-c2ccccc2)cc1. The van der Waals surface area contributed by atoms with Gasteiger partial charge in [-0.05, 0) is 87.4 Å². The van der Waals surface area contributed by atoms with Gasteiger partial charge >= 0.3 is 5.97 Å². The van der Waals surface area contributed by atoms with Gasteiger partial charge in [-0.2, -0.15) is 0 Å². The van der Waals surface area contributed by atoms with E-state index in [4.69, 9.17) is 24.3 Å².